The van der Waals surface area contributed by atoms with Crippen LogP contribution in [0.2, 0.25) is 0 Å². The molecular formula is C28H32N2O5. The third-order valence-electron chi connectivity index (χ3n) is 8.16. The van der Waals surface area contributed by atoms with E-state index in [0.29, 0.717) is 5.92 Å². The van der Waals surface area contributed by atoms with E-state index >= 15 is 0 Å². The Kier molecular flexibility index (Phi) is 6.26. The monoisotopic (exact) mass is 476 g/mol. The summed E-state index contributed by atoms with van der Waals surface area (Å²) < 4.78 is 5.69. The molecule has 184 valence electrons. The molecule has 2 N–H and O–H groups in total. The number of alkyl carbamates (subject to hydrolysis) is 1. The van der Waals surface area contributed by atoms with Crippen molar-refractivity contribution in [3.8, 4) is 11.1 Å². The molecule has 7 heteroatoms. The minimum absolute atomic E-state index is 0.00684. The van der Waals surface area contributed by atoms with Crippen molar-refractivity contribution in [2.75, 3.05) is 20.2 Å². The van der Waals surface area contributed by atoms with Gasteiger partial charge in [0.2, 0.25) is 5.91 Å². The standard InChI is InChI=1S/C28H32N2O5/c1-16(27(32)33)14-30(2)26(31)18-11-17-13-25(23(17)12-18)29-28(34)35-15-24-21-9-5-3-7-19(21)20-8-4-6-10-22(20)24/h3-10,16-18,23-25H,11-15H2,1-2H3,(H,29,34)(H,32,33)/t16?,17-,18?,23-,25+/m0/s1. The van der Waals surface area contributed by atoms with Gasteiger partial charge in [0.05, 0.1) is 5.92 Å². The predicted molar refractivity (Wildman–Crippen MR) is 131 cm³/mol. The Morgan fingerprint density at radius 2 is 1.66 bits per heavy atom. The zero-order valence-corrected chi connectivity index (χ0v) is 20.1. The molecule has 2 fully saturated rings. The molecule has 0 bridgehead atoms. The van der Waals surface area contributed by atoms with E-state index in [1.54, 1.807) is 18.9 Å². The Morgan fingerprint density at radius 3 is 2.29 bits per heavy atom. The van der Waals surface area contributed by atoms with Crippen molar-refractivity contribution in [3.63, 3.8) is 0 Å². The highest BCUT2D eigenvalue weighted by atomic mass is 16.5. The van der Waals surface area contributed by atoms with Gasteiger partial charge < -0.3 is 20.1 Å². The first-order valence-electron chi connectivity index (χ1n) is 12.4. The van der Waals surface area contributed by atoms with Gasteiger partial charge in [0.25, 0.3) is 0 Å². The molecule has 2 unspecified atom stereocenters. The Balaban J connectivity index is 1.13. The topological polar surface area (TPSA) is 95.9 Å². The second kappa shape index (κ2) is 9.36. The number of hydrogen-bond donors (Lipinski definition) is 2. The van der Waals surface area contributed by atoms with Crippen molar-refractivity contribution in [3.05, 3.63) is 59.7 Å². The van der Waals surface area contributed by atoms with Gasteiger partial charge in [-0.1, -0.05) is 55.5 Å². The first kappa shape index (κ1) is 23.4. The Hall–Kier alpha value is -3.35. The maximum Gasteiger partial charge on any atom is 0.407 e. The van der Waals surface area contributed by atoms with Crippen LogP contribution in [0, 0.1) is 23.7 Å². The molecule has 2 saturated carbocycles. The van der Waals surface area contributed by atoms with Gasteiger partial charge in [0.1, 0.15) is 6.61 Å². The highest BCUT2D eigenvalue weighted by Crippen LogP contribution is 2.50. The van der Waals surface area contributed by atoms with Gasteiger partial charge in [-0.25, -0.2) is 4.79 Å². The van der Waals surface area contributed by atoms with Gasteiger partial charge >= 0.3 is 12.1 Å². The van der Waals surface area contributed by atoms with E-state index in [1.807, 2.05) is 24.3 Å². The lowest BCUT2D eigenvalue weighted by atomic mass is 9.71. The molecule has 2 aromatic carbocycles. The Morgan fingerprint density at radius 1 is 1.03 bits per heavy atom. The first-order chi connectivity index (χ1) is 16.8. The van der Waals surface area contributed by atoms with Crippen LogP contribution in [0.25, 0.3) is 11.1 Å². The molecule has 3 aliphatic rings. The van der Waals surface area contributed by atoms with Gasteiger partial charge in [-0.2, -0.15) is 0 Å². The van der Waals surface area contributed by atoms with E-state index < -0.39 is 18.0 Å². The zero-order chi connectivity index (χ0) is 24.7. The molecule has 0 aromatic heterocycles. The number of benzene rings is 2. The molecule has 5 rings (SSSR count). The third-order valence-corrected chi connectivity index (χ3v) is 8.16. The summed E-state index contributed by atoms with van der Waals surface area (Å²) in [5.74, 6) is -0.867. The fraction of sp³-hybridized carbons (Fsp3) is 0.464. The maximum absolute atomic E-state index is 12.8. The number of carboxylic acids is 1. The predicted octanol–water partition coefficient (Wildman–Crippen LogP) is 4.12. The zero-order valence-electron chi connectivity index (χ0n) is 20.1. The van der Waals surface area contributed by atoms with Crippen molar-refractivity contribution in [1.29, 1.82) is 0 Å². The summed E-state index contributed by atoms with van der Waals surface area (Å²) in [5.41, 5.74) is 4.76. The van der Waals surface area contributed by atoms with E-state index in [-0.39, 0.29) is 42.9 Å². The summed E-state index contributed by atoms with van der Waals surface area (Å²) in [4.78, 5) is 38.1. The number of fused-ring (bicyclic) bond motifs is 4. The molecule has 7 nitrogen and oxygen atoms in total. The number of rotatable bonds is 7. The van der Waals surface area contributed by atoms with E-state index in [4.69, 9.17) is 9.84 Å². The molecule has 0 saturated heterocycles. The molecule has 5 atom stereocenters. The van der Waals surface area contributed by atoms with Gasteiger partial charge in [-0.05, 0) is 53.4 Å². The van der Waals surface area contributed by atoms with Crippen molar-refractivity contribution < 1.29 is 24.2 Å². The minimum atomic E-state index is -0.900. The summed E-state index contributed by atoms with van der Waals surface area (Å²) in [7, 11) is 1.68. The average molecular weight is 477 g/mol. The lowest BCUT2D eigenvalue weighted by molar-refractivity contribution is -0.143. The van der Waals surface area contributed by atoms with Crippen molar-refractivity contribution in [2.24, 2.45) is 23.7 Å². The highest BCUT2D eigenvalue weighted by Gasteiger charge is 2.50. The van der Waals surface area contributed by atoms with Crippen LogP contribution in [-0.2, 0) is 14.3 Å². The van der Waals surface area contributed by atoms with Crippen molar-refractivity contribution in [1.82, 2.24) is 10.2 Å². The van der Waals surface area contributed by atoms with Crippen molar-refractivity contribution >= 4 is 18.0 Å². The molecule has 0 spiro atoms. The van der Waals surface area contributed by atoms with Crippen LogP contribution in [0.5, 0.6) is 0 Å². The van der Waals surface area contributed by atoms with Gasteiger partial charge in [0.15, 0.2) is 0 Å². The molecule has 0 aliphatic heterocycles. The van der Waals surface area contributed by atoms with Crippen molar-refractivity contribution in [2.45, 2.75) is 38.1 Å². The quantitative estimate of drug-likeness (QED) is 0.627. The van der Waals surface area contributed by atoms with Gasteiger partial charge in [-0.3, -0.25) is 9.59 Å². The average Bonchev–Trinajstić information content (AvgIpc) is 3.35. The number of nitrogens with one attached hydrogen (secondary N) is 1. The van der Waals surface area contributed by atoms with E-state index in [9.17, 15) is 14.4 Å². The number of ether oxygens (including phenoxy) is 1. The number of amides is 2. The second-order valence-corrected chi connectivity index (χ2v) is 10.4. The minimum Gasteiger partial charge on any atom is -0.481 e. The van der Waals surface area contributed by atoms with Crippen LogP contribution in [0.3, 0.4) is 0 Å². The number of carbonyl (C=O) groups excluding carboxylic acids is 2. The molecule has 2 amide bonds. The summed E-state index contributed by atoms with van der Waals surface area (Å²) in [6.07, 6.45) is 1.98. The van der Waals surface area contributed by atoms with Crippen LogP contribution in [-0.4, -0.2) is 54.2 Å². The number of carboxylic acid groups (broad SMARTS) is 1. The molecule has 2 aromatic rings. The summed E-state index contributed by atoms with van der Waals surface area (Å²) >= 11 is 0. The number of hydrogen-bond acceptors (Lipinski definition) is 4. The highest BCUT2D eigenvalue weighted by molar-refractivity contribution is 5.80. The SMILES string of the molecule is CC(CN(C)C(=O)C1C[C@H]2C[C@@H](NC(=O)OCC3c4ccccc4-c4ccccc43)[C@H]2C1)C(=O)O. The lowest BCUT2D eigenvalue weighted by Crippen LogP contribution is -2.50. The summed E-state index contributed by atoms with van der Waals surface area (Å²) in [6, 6.07) is 16.5. The smallest absolute Gasteiger partial charge is 0.407 e. The first-order valence-corrected chi connectivity index (χ1v) is 12.4. The van der Waals surface area contributed by atoms with E-state index in [1.165, 1.54) is 22.3 Å². The Bertz CT molecular complexity index is 1100. The molecule has 0 radical (unpaired) electrons. The van der Waals surface area contributed by atoms with E-state index in [2.05, 4.69) is 29.6 Å². The maximum atomic E-state index is 12.8. The lowest BCUT2D eigenvalue weighted by Gasteiger charge is -2.40. The van der Waals surface area contributed by atoms with E-state index in [0.717, 1.165) is 19.3 Å². The number of carbonyl (C=O) groups is 3. The second-order valence-electron chi connectivity index (χ2n) is 10.4. The summed E-state index contributed by atoms with van der Waals surface area (Å²) in [6.45, 7) is 2.11. The molecule has 35 heavy (non-hydrogen) atoms. The third kappa shape index (κ3) is 4.40. The fourth-order valence-corrected chi connectivity index (χ4v) is 6.28. The van der Waals surface area contributed by atoms with Gasteiger partial charge in [0, 0.05) is 31.5 Å². The Labute approximate surface area is 205 Å². The normalized spacial score (nSPS) is 25.0. The van der Waals surface area contributed by atoms with Gasteiger partial charge in [-0.15, -0.1) is 0 Å². The van der Waals surface area contributed by atoms with Crippen LogP contribution >= 0.6 is 0 Å². The number of nitrogens with zero attached hydrogens (tertiary/aromatic N) is 1. The van der Waals surface area contributed by atoms with Crippen LogP contribution in [0.4, 0.5) is 4.79 Å². The largest absolute Gasteiger partial charge is 0.481 e. The fourth-order valence-electron chi connectivity index (χ4n) is 6.28. The van der Waals surface area contributed by atoms with Crippen LogP contribution in [0.1, 0.15) is 43.2 Å². The molecule has 3 aliphatic carbocycles. The molecule has 0 heterocycles. The molecular weight excluding hydrogens is 444 g/mol. The van der Waals surface area contributed by atoms with Crippen LogP contribution in [0.15, 0.2) is 48.5 Å². The van der Waals surface area contributed by atoms with Crippen LogP contribution < -0.4 is 5.32 Å². The number of aliphatic carboxylic acids is 1. The summed E-state index contributed by atoms with van der Waals surface area (Å²) in [5, 5.41) is 12.1.